The molecule has 35 heavy (non-hydrogen) atoms. The lowest BCUT2D eigenvalue weighted by Gasteiger charge is -2.34. The van der Waals surface area contributed by atoms with Gasteiger partial charge in [0.05, 0.1) is 39.9 Å². The maximum Gasteiger partial charge on any atom is 0.254 e. The third kappa shape index (κ3) is 4.59. The smallest absolute Gasteiger partial charge is 0.254 e. The molecule has 2 aliphatic heterocycles. The summed E-state index contributed by atoms with van der Waals surface area (Å²) in [6, 6.07) is 9.86. The van der Waals surface area contributed by atoms with E-state index in [0.717, 1.165) is 37.0 Å². The summed E-state index contributed by atoms with van der Waals surface area (Å²) in [5.74, 6) is 0.202. The zero-order valence-corrected chi connectivity index (χ0v) is 21.5. The minimum absolute atomic E-state index is 0.0127. The molecule has 0 spiro atoms. The maximum absolute atomic E-state index is 13.8. The van der Waals surface area contributed by atoms with E-state index < -0.39 is 9.84 Å². The van der Waals surface area contributed by atoms with E-state index in [1.807, 2.05) is 30.0 Å². The Balaban J connectivity index is 1.63. The number of fused-ring (bicyclic) bond motifs is 1. The first-order chi connectivity index (χ1) is 16.8. The highest BCUT2D eigenvalue weighted by molar-refractivity contribution is 7.91. The van der Waals surface area contributed by atoms with Crippen LogP contribution in [0.15, 0.2) is 30.3 Å². The average Bonchev–Trinajstić information content (AvgIpc) is 3.41. The van der Waals surface area contributed by atoms with Crippen molar-refractivity contribution >= 4 is 26.8 Å². The van der Waals surface area contributed by atoms with Gasteiger partial charge in [-0.1, -0.05) is 38.1 Å². The molecule has 0 saturated carbocycles. The Morgan fingerprint density at radius 2 is 1.80 bits per heavy atom. The van der Waals surface area contributed by atoms with Crippen LogP contribution in [0.4, 0.5) is 0 Å². The number of hydrogen-bond donors (Lipinski definition) is 0. The molecule has 4 heterocycles. The van der Waals surface area contributed by atoms with Gasteiger partial charge in [0, 0.05) is 31.7 Å². The first-order valence-electron chi connectivity index (χ1n) is 12.5. The molecule has 1 unspecified atom stereocenters. The fourth-order valence-corrected chi connectivity index (χ4v) is 6.89. The van der Waals surface area contributed by atoms with Gasteiger partial charge in [0.2, 0.25) is 0 Å². The standard InChI is InChI=1S/C26H33N5O3S/c1-4-19-6-8-20(9-7-19)23-16-22(26(32)30-13-11-29(5-2)12-14-30)24-18(3)28-31(25(24)27-23)21-10-15-35(33,34)17-21/h6-9,16,21H,4-5,10-15,17H2,1-3H3. The molecule has 5 rings (SSSR count). The fraction of sp³-hybridized carbons (Fsp3) is 0.500. The number of sulfone groups is 1. The number of aromatic nitrogens is 3. The number of amides is 1. The number of rotatable bonds is 5. The van der Waals surface area contributed by atoms with Crippen LogP contribution in [0, 0.1) is 6.92 Å². The van der Waals surface area contributed by atoms with Crippen LogP contribution in [0.1, 0.15) is 47.9 Å². The van der Waals surface area contributed by atoms with Gasteiger partial charge in [-0.2, -0.15) is 5.10 Å². The Morgan fingerprint density at radius 1 is 1.09 bits per heavy atom. The minimum Gasteiger partial charge on any atom is -0.336 e. The molecule has 2 aromatic heterocycles. The topological polar surface area (TPSA) is 88.4 Å². The number of likely N-dealkylation sites (N-methyl/N-ethyl adjacent to an activating group) is 1. The minimum atomic E-state index is -3.09. The Labute approximate surface area is 206 Å². The van der Waals surface area contributed by atoms with Crippen molar-refractivity contribution in [2.45, 2.75) is 39.7 Å². The molecule has 0 bridgehead atoms. The van der Waals surface area contributed by atoms with E-state index in [4.69, 9.17) is 10.1 Å². The predicted molar refractivity (Wildman–Crippen MR) is 137 cm³/mol. The Bertz CT molecular complexity index is 1360. The van der Waals surface area contributed by atoms with Gasteiger partial charge in [-0.15, -0.1) is 0 Å². The van der Waals surface area contributed by atoms with Gasteiger partial charge in [-0.3, -0.25) is 4.79 Å². The number of nitrogens with zero attached hydrogens (tertiary/aromatic N) is 5. The normalized spacial score (nSPS) is 20.5. The second-order valence-electron chi connectivity index (χ2n) is 9.62. The Kier molecular flexibility index (Phi) is 6.40. The second kappa shape index (κ2) is 9.35. The van der Waals surface area contributed by atoms with Crippen molar-refractivity contribution in [2.75, 3.05) is 44.2 Å². The van der Waals surface area contributed by atoms with Crippen molar-refractivity contribution < 1.29 is 13.2 Å². The molecule has 2 saturated heterocycles. The van der Waals surface area contributed by atoms with Crippen LogP contribution in [-0.2, 0) is 16.3 Å². The lowest BCUT2D eigenvalue weighted by atomic mass is 10.0. The zero-order valence-electron chi connectivity index (χ0n) is 20.7. The van der Waals surface area contributed by atoms with Gasteiger partial charge in [0.15, 0.2) is 15.5 Å². The molecule has 8 nitrogen and oxygen atoms in total. The summed E-state index contributed by atoms with van der Waals surface area (Å²) in [7, 11) is -3.09. The highest BCUT2D eigenvalue weighted by Crippen LogP contribution is 2.33. The van der Waals surface area contributed by atoms with E-state index >= 15 is 0 Å². The molecular weight excluding hydrogens is 462 g/mol. The number of piperazine rings is 1. The Hall–Kier alpha value is -2.78. The molecule has 2 aliphatic rings. The maximum atomic E-state index is 13.8. The molecule has 1 amide bonds. The van der Waals surface area contributed by atoms with Crippen LogP contribution in [-0.4, -0.2) is 83.1 Å². The van der Waals surface area contributed by atoms with E-state index in [2.05, 4.69) is 30.9 Å². The molecule has 1 atom stereocenters. The number of carbonyl (C=O) groups is 1. The van der Waals surface area contributed by atoms with E-state index in [1.54, 1.807) is 4.68 Å². The molecular formula is C26H33N5O3S. The molecule has 2 fully saturated rings. The quantitative estimate of drug-likeness (QED) is 0.541. The number of pyridine rings is 1. The molecule has 3 aromatic rings. The third-order valence-corrected chi connectivity index (χ3v) is 9.14. The summed E-state index contributed by atoms with van der Waals surface area (Å²) >= 11 is 0. The number of aryl methyl sites for hydroxylation is 2. The molecule has 9 heteroatoms. The van der Waals surface area contributed by atoms with Crippen LogP contribution in [0.2, 0.25) is 0 Å². The van der Waals surface area contributed by atoms with Gasteiger partial charge in [0.25, 0.3) is 5.91 Å². The summed E-state index contributed by atoms with van der Waals surface area (Å²) < 4.78 is 26.2. The summed E-state index contributed by atoms with van der Waals surface area (Å²) in [6.45, 7) is 10.2. The van der Waals surface area contributed by atoms with Crippen LogP contribution >= 0.6 is 0 Å². The monoisotopic (exact) mass is 495 g/mol. The van der Waals surface area contributed by atoms with Gasteiger partial charge >= 0.3 is 0 Å². The van der Waals surface area contributed by atoms with Crippen molar-refractivity contribution in [2.24, 2.45) is 0 Å². The molecule has 0 N–H and O–H groups in total. The highest BCUT2D eigenvalue weighted by atomic mass is 32.2. The molecule has 0 radical (unpaired) electrons. The lowest BCUT2D eigenvalue weighted by Crippen LogP contribution is -2.48. The van der Waals surface area contributed by atoms with Crippen LogP contribution < -0.4 is 0 Å². The SMILES string of the molecule is CCc1ccc(-c2cc(C(=O)N3CCN(CC)CC3)c3c(C)nn(C4CCS(=O)(=O)C4)c3n2)cc1. The second-order valence-corrected chi connectivity index (χ2v) is 11.8. The van der Waals surface area contributed by atoms with Gasteiger partial charge in [0.1, 0.15) is 0 Å². The number of carbonyl (C=O) groups excluding carboxylic acids is 1. The summed E-state index contributed by atoms with van der Waals surface area (Å²) in [4.78, 5) is 23.0. The molecule has 186 valence electrons. The average molecular weight is 496 g/mol. The predicted octanol–water partition coefficient (Wildman–Crippen LogP) is 3.11. The molecule has 1 aromatic carbocycles. The van der Waals surface area contributed by atoms with E-state index in [1.165, 1.54) is 5.56 Å². The summed E-state index contributed by atoms with van der Waals surface area (Å²) in [5.41, 5.74) is 4.77. The van der Waals surface area contributed by atoms with E-state index in [0.29, 0.717) is 42.1 Å². The van der Waals surface area contributed by atoms with Crippen molar-refractivity contribution in [3.8, 4) is 11.3 Å². The number of hydrogen-bond acceptors (Lipinski definition) is 6. The number of benzene rings is 1. The van der Waals surface area contributed by atoms with Crippen molar-refractivity contribution in [1.29, 1.82) is 0 Å². The first kappa shape index (κ1) is 23.9. The van der Waals surface area contributed by atoms with Crippen molar-refractivity contribution in [3.05, 3.63) is 47.2 Å². The highest BCUT2D eigenvalue weighted by Gasteiger charge is 2.33. The Morgan fingerprint density at radius 3 is 2.40 bits per heavy atom. The molecule has 0 aliphatic carbocycles. The van der Waals surface area contributed by atoms with Crippen LogP contribution in [0.25, 0.3) is 22.3 Å². The largest absolute Gasteiger partial charge is 0.336 e. The van der Waals surface area contributed by atoms with E-state index in [-0.39, 0.29) is 23.5 Å². The summed E-state index contributed by atoms with van der Waals surface area (Å²) in [6.07, 6.45) is 1.46. The summed E-state index contributed by atoms with van der Waals surface area (Å²) in [5, 5.41) is 5.45. The lowest BCUT2D eigenvalue weighted by molar-refractivity contribution is 0.0645. The third-order valence-electron chi connectivity index (χ3n) is 7.39. The van der Waals surface area contributed by atoms with E-state index in [9.17, 15) is 13.2 Å². The fourth-order valence-electron chi connectivity index (χ4n) is 5.20. The van der Waals surface area contributed by atoms with Gasteiger partial charge in [-0.05, 0) is 37.9 Å². The van der Waals surface area contributed by atoms with Gasteiger partial charge < -0.3 is 9.80 Å². The van der Waals surface area contributed by atoms with Gasteiger partial charge in [-0.25, -0.2) is 18.1 Å². The van der Waals surface area contributed by atoms with Crippen molar-refractivity contribution in [1.82, 2.24) is 24.6 Å². The zero-order chi connectivity index (χ0) is 24.7. The first-order valence-corrected chi connectivity index (χ1v) is 14.3. The van der Waals surface area contributed by atoms with Crippen LogP contribution in [0.3, 0.4) is 0 Å². The van der Waals surface area contributed by atoms with Crippen molar-refractivity contribution in [3.63, 3.8) is 0 Å². The van der Waals surface area contributed by atoms with Crippen LogP contribution in [0.5, 0.6) is 0 Å².